The maximum absolute atomic E-state index is 12.5. The Morgan fingerprint density at radius 3 is 2.54 bits per heavy atom. The molecule has 0 fully saturated rings. The Hall–Kier alpha value is -4.32. The lowest BCUT2D eigenvalue weighted by Crippen LogP contribution is -2.22. The average molecular weight is 554 g/mol. The molecule has 2 amide bonds. The highest BCUT2D eigenvalue weighted by atomic mass is 32.2. The standard InChI is InChI=1S/C27H31N5O6S/c1-17(2)38-26(35)19-7-6-8-20(14-19)29-25(34)16-39-27-31-30-23(32(27)3)15-28-24(33)12-10-18-9-11-21(36-4)22(13-18)37-5/h6-14,17H,15-16H2,1-5H3,(H,28,33)(H,29,34)/b12-10+. The number of nitrogens with zero attached hydrogens (tertiary/aromatic N) is 3. The van der Waals surface area contributed by atoms with E-state index in [1.807, 2.05) is 6.07 Å². The number of aromatic nitrogens is 3. The van der Waals surface area contributed by atoms with Crippen molar-refractivity contribution < 1.29 is 28.6 Å². The lowest BCUT2D eigenvalue weighted by molar-refractivity contribution is -0.116. The number of hydrogen-bond donors (Lipinski definition) is 2. The van der Waals surface area contributed by atoms with Gasteiger partial charge < -0.3 is 29.4 Å². The molecule has 0 radical (unpaired) electrons. The summed E-state index contributed by atoms with van der Waals surface area (Å²) in [7, 11) is 4.86. The number of esters is 1. The Bertz CT molecular complexity index is 1350. The smallest absolute Gasteiger partial charge is 0.338 e. The normalized spacial score (nSPS) is 10.9. The van der Waals surface area contributed by atoms with Crippen molar-refractivity contribution in [1.29, 1.82) is 0 Å². The number of carbonyl (C=O) groups excluding carboxylic acids is 3. The first-order valence-electron chi connectivity index (χ1n) is 12.0. The number of rotatable bonds is 12. The third-order valence-electron chi connectivity index (χ3n) is 5.24. The van der Waals surface area contributed by atoms with Gasteiger partial charge in [0.05, 0.1) is 38.2 Å². The molecule has 11 nitrogen and oxygen atoms in total. The molecule has 206 valence electrons. The summed E-state index contributed by atoms with van der Waals surface area (Å²) in [6, 6.07) is 11.9. The van der Waals surface area contributed by atoms with Gasteiger partial charge in [0.2, 0.25) is 11.8 Å². The Labute approximate surface area is 230 Å². The minimum atomic E-state index is -0.453. The Morgan fingerprint density at radius 2 is 1.82 bits per heavy atom. The summed E-state index contributed by atoms with van der Waals surface area (Å²) in [5, 5.41) is 14.3. The van der Waals surface area contributed by atoms with E-state index in [2.05, 4.69) is 20.8 Å². The summed E-state index contributed by atoms with van der Waals surface area (Å²) in [6.45, 7) is 3.70. The van der Waals surface area contributed by atoms with Crippen molar-refractivity contribution in [1.82, 2.24) is 20.1 Å². The molecule has 0 unspecified atom stereocenters. The summed E-state index contributed by atoms with van der Waals surface area (Å²) in [6.07, 6.45) is 2.84. The molecule has 0 saturated carbocycles. The monoisotopic (exact) mass is 553 g/mol. The van der Waals surface area contributed by atoms with E-state index >= 15 is 0 Å². The molecule has 0 spiro atoms. The Morgan fingerprint density at radius 1 is 1.05 bits per heavy atom. The van der Waals surface area contributed by atoms with E-state index in [0.29, 0.717) is 33.7 Å². The van der Waals surface area contributed by atoms with Gasteiger partial charge in [0, 0.05) is 18.8 Å². The molecule has 0 bridgehead atoms. The summed E-state index contributed by atoms with van der Waals surface area (Å²) < 4.78 is 17.4. The number of ether oxygens (including phenoxy) is 3. The second-order valence-electron chi connectivity index (χ2n) is 8.50. The number of amides is 2. The van der Waals surface area contributed by atoms with Crippen LogP contribution in [0.1, 0.15) is 35.6 Å². The van der Waals surface area contributed by atoms with Crippen LogP contribution in [0, 0.1) is 0 Å². The fourth-order valence-electron chi connectivity index (χ4n) is 3.31. The van der Waals surface area contributed by atoms with Gasteiger partial charge in [0.25, 0.3) is 0 Å². The van der Waals surface area contributed by atoms with E-state index in [1.165, 1.54) is 17.8 Å². The topological polar surface area (TPSA) is 134 Å². The number of benzene rings is 2. The van der Waals surface area contributed by atoms with Gasteiger partial charge in [-0.25, -0.2) is 4.79 Å². The molecule has 12 heteroatoms. The van der Waals surface area contributed by atoms with Crippen LogP contribution in [-0.2, 0) is 27.9 Å². The maximum atomic E-state index is 12.5. The van der Waals surface area contributed by atoms with E-state index in [0.717, 1.165) is 5.56 Å². The van der Waals surface area contributed by atoms with Crippen LogP contribution in [-0.4, -0.2) is 58.6 Å². The fraction of sp³-hybridized carbons (Fsp3) is 0.296. The summed E-state index contributed by atoms with van der Waals surface area (Å²) in [5.41, 5.74) is 1.62. The third kappa shape index (κ3) is 8.60. The van der Waals surface area contributed by atoms with Crippen molar-refractivity contribution in [3.8, 4) is 11.5 Å². The van der Waals surface area contributed by atoms with Gasteiger partial charge in [-0.1, -0.05) is 23.9 Å². The molecule has 2 N–H and O–H groups in total. The molecule has 2 aromatic carbocycles. The molecule has 0 aliphatic rings. The van der Waals surface area contributed by atoms with Gasteiger partial charge >= 0.3 is 5.97 Å². The predicted octanol–water partition coefficient (Wildman–Crippen LogP) is 3.46. The van der Waals surface area contributed by atoms with Crippen molar-refractivity contribution in [2.45, 2.75) is 31.7 Å². The number of methoxy groups -OCH3 is 2. The first-order chi connectivity index (χ1) is 18.7. The molecule has 39 heavy (non-hydrogen) atoms. The minimum absolute atomic E-state index is 0.0765. The quantitative estimate of drug-likeness (QED) is 0.196. The van der Waals surface area contributed by atoms with Crippen molar-refractivity contribution >= 4 is 41.3 Å². The van der Waals surface area contributed by atoms with E-state index in [4.69, 9.17) is 14.2 Å². The zero-order valence-electron chi connectivity index (χ0n) is 22.4. The SMILES string of the molecule is COc1ccc(/C=C/C(=O)NCc2nnc(SCC(=O)Nc3cccc(C(=O)OC(C)C)c3)n2C)cc1OC. The molecule has 3 aromatic rings. The zero-order chi connectivity index (χ0) is 28.4. The van der Waals surface area contributed by atoms with Crippen LogP contribution in [0.4, 0.5) is 5.69 Å². The molecular formula is C27H31N5O6S. The van der Waals surface area contributed by atoms with E-state index < -0.39 is 5.97 Å². The average Bonchev–Trinajstić information content (AvgIpc) is 3.27. The van der Waals surface area contributed by atoms with E-state index in [9.17, 15) is 14.4 Å². The molecular weight excluding hydrogens is 522 g/mol. The van der Waals surface area contributed by atoms with Crippen LogP contribution < -0.4 is 20.1 Å². The second kappa shape index (κ2) is 14.0. The Balaban J connectivity index is 1.49. The van der Waals surface area contributed by atoms with E-state index in [-0.39, 0.29) is 30.2 Å². The first kappa shape index (κ1) is 29.2. The lowest BCUT2D eigenvalue weighted by atomic mass is 10.2. The molecule has 3 rings (SSSR count). The van der Waals surface area contributed by atoms with Gasteiger partial charge in [-0.05, 0) is 55.8 Å². The van der Waals surface area contributed by atoms with Crippen LogP contribution in [0.15, 0.2) is 53.7 Å². The van der Waals surface area contributed by atoms with E-state index in [1.54, 1.807) is 82.2 Å². The highest BCUT2D eigenvalue weighted by Gasteiger charge is 2.14. The lowest BCUT2D eigenvalue weighted by Gasteiger charge is -2.10. The largest absolute Gasteiger partial charge is 0.493 e. The molecule has 0 aliphatic carbocycles. The zero-order valence-corrected chi connectivity index (χ0v) is 23.2. The van der Waals surface area contributed by atoms with Crippen LogP contribution in [0.5, 0.6) is 11.5 Å². The third-order valence-corrected chi connectivity index (χ3v) is 6.26. The fourth-order valence-corrected chi connectivity index (χ4v) is 4.04. The van der Waals surface area contributed by atoms with Gasteiger partial charge in [0.15, 0.2) is 22.5 Å². The second-order valence-corrected chi connectivity index (χ2v) is 9.44. The summed E-state index contributed by atoms with van der Waals surface area (Å²) >= 11 is 1.20. The maximum Gasteiger partial charge on any atom is 0.338 e. The molecule has 0 saturated heterocycles. The van der Waals surface area contributed by atoms with Crippen molar-refractivity contribution in [2.75, 3.05) is 25.3 Å². The van der Waals surface area contributed by atoms with Crippen LogP contribution >= 0.6 is 11.8 Å². The van der Waals surface area contributed by atoms with Crippen LogP contribution in [0.2, 0.25) is 0 Å². The highest BCUT2D eigenvalue weighted by molar-refractivity contribution is 7.99. The summed E-state index contributed by atoms with van der Waals surface area (Å²) in [4.78, 5) is 36.8. The van der Waals surface area contributed by atoms with Crippen molar-refractivity contribution in [3.05, 3.63) is 65.5 Å². The molecule has 0 atom stereocenters. The minimum Gasteiger partial charge on any atom is -0.493 e. The van der Waals surface area contributed by atoms with Crippen LogP contribution in [0.3, 0.4) is 0 Å². The van der Waals surface area contributed by atoms with Gasteiger partial charge in [-0.2, -0.15) is 0 Å². The molecule has 0 aliphatic heterocycles. The number of hydrogen-bond acceptors (Lipinski definition) is 9. The van der Waals surface area contributed by atoms with Gasteiger partial charge in [-0.15, -0.1) is 10.2 Å². The van der Waals surface area contributed by atoms with Crippen LogP contribution in [0.25, 0.3) is 6.08 Å². The Kier molecular flexibility index (Phi) is 10.5. The van der Waals surface area contributed by atoms with Crippen molar-refractivity contribution in [3.63, 3.8) is 0 Å². The number of thioether (sulfide) groups is 1. The number of nitrogens with one attached hydrogen (secondary N) is 2. The van der Waals surface area contributed by atoms with Gasteiger partial charge in [-0.3, -0.25) is 9.59 Å². The molecule has 1 heterocycles. The predicted molar refractivity (Wildman–Crippen MR) is 148 cm³/mol. The summed E-state index contributed by atoms with van der Waals surface area (Å²) in [5.74, 6) is 0.747. The number of carbonyl (C=O) groups is 3. The highest BCUT2D eigenvalue weighted by Crippen LogP contribution is 2.28. The number of anilines is 1. The van der Waals surface area contributed by atoms with Gasteiger partial charge in [0.1, 0.15) is 0 Å². The first-order valence-corrected chi connectivity index (χ1v) is 13.0. The molecule has 1 aromatic heterocycles. The van der Waals surface area contributed by atoms with Crippen molar-refractivity contribution in [2.24, 2.45) is 7.05 Å².